The minimum absolute atomic E-state index is 0.136. The van der Waals surface area contributed by atoms with Crippen LogP contribution in [-0.4, -0.2) is 50.4 Å². The molecule has 3 N–H and O–H groups in total. The number of thiazole rings is 1. The van der Waals surface area contributed by atoms with E-state index >= 15 is 0 Å². The van der Waals surface area contributed by atoms with Gasteiger partial charge in [0.05, 0.1) is 35.1 Å². The van der Waals surface area contributed by atoms with Gasteiger partial charge in [-0.2, -0.15) is 0 Å². The van der Waals surface area contributed by atoms with Crippen molar-refractivity contribution in [2.75, 3.05) is 0 Å². The van der Waals surface area contributed by atoms with Gasteiger partial charge < -0.3 is 20.1 Å². The Hall–Kier alpha value is -2.03. The number of hydrogen-bond donors (Lipinski definition) is 3. The van der Waals surface area contributed by atoms with Gasteiger partial charge in [-0.15, -0.1) is 11.3 Å². The van der Waals surface area contributed by atoms with Crippen LogP contribution in [0.15, 0.2) is 22.8 Å². The fourth-order valence-corrected chi connectivity index (χ4v) is 4.89. The van der Waals surface area contributed by atoms with E-state index in [0.717, 1.165) is 16.3 Å². The number of nitrogens with zero attached hydrogens (tertiary/aromatic N) is 1. The largest absolute Gasteiger partial charge is 0.512 e. The summed E-state index contributed by atoms with van der Waals surface area (Å²) < 4.78 is 5.78. The molecule has 0 radical (unpaired) electrons. The number of rotatable bonds is 2. The van der Waals surface area contributed by atoms with Crippen molar-refractivity contribution in [1.29, 1.82) is 0 Å². The molecule has 0 aromatic carbocycles. The van der Waals surface area contributed by atoms with Crippen molar-refractivity contribution >= 4 is 29.2 Å². The minimum Gasteiger partial charge on any atom is -0.512 e. The number of aryl methyl sites for hydroxylation is 1. The number of Topliss-reactive ketones (excluding diaryl/α,β-unsaturated/α-hetero) is 1. The highest BCUT2D eigenvalue weighted by Gasteiger charge is 2.30. The van der Waals surface area contributed by atoms with E-state index in [1.165, 1.54) is 17.4 Å². The average molecular weight is 508 g/mol. The van der Waals surface area contributed by atoms with Gasteiger partial charge in [0.1, 0.15) is 11.9 Å². The fraction of sp³-hybridized carbons (Fsp3) is 0.667. The minimum atomic E-state index is -1.20. The summed E-state index contributed by atoms with van der Waals surface area (Å²) in [7, 11) is 0. The van der Waals surface area contributed by atoms with Crippen molar-refractivity contribution in [2.24, 2.45) is 23.7 Å². The van der Waals surface area contributed by atoms with Crippen LogP contribution in [0.2, 0.25) is 0 Å². The van der Waals surface area contributed by atoms with Gasteiger partial charge in [0.25, 0.3) is 0 Å². The molecule has 35 heavy (non-hydrogen) atoms. The maximum absolute atomic E-state index is 12.8. The highest BCUT2D eigenvalue weighted by atomic mass is 32.1. The third-order valence-corrected chi connectivity index (χ3v) is 7.74. The zero-order chi connectivity index (χ0) is 26.3. The third-order valence-electron chi connectivity index (χ3n) is 6.95. The second-order valence-electron chi connectivity index (χ2n) is 10.1. The van der Waals surface area contributed by atoms with E-state index in [1.807, 2.05) is 39.2 Å². The zero-order valence-electron chi connectivity index (χ0n) is 21.7. The molecule has 1 aromatic heterocycles. The van der Waals surface area contributed by atoms with E-state index in [0.29, 0.717) is 25.7 Å². The summed E-state index contributed by atoms with van der Waals surface area (Å²) in [6, 6.07) is 0. The van der Waals surface area contributed by atoms with Gasteiger partial charge in [0.2, 0.25) is 0 Å². The normalized spacial score (nSPS) is 33.1. The molecule has 8 heteroatoms. The molecule has 2 rings (SSSR count). The first-order chi connectivity index (χ1) is 16.4. The molecular weight excluding hydrogens is 466 g/mol. The molecule has 7 atom stereocenters. The standard InChI is InChI=1S/C27H41NO6S/c1-15-8-7-9-22(29)16(2)12-25(17(3)10-21-14-35-20(6)28-21)34-26(32)13-24(31)19(5)27(33)18(4)11-23(15)30/h10-11,14-16,18-19,22,24-25,29-31H,7-9,12-13H2,1-6H3/b17-10+,23-11?/t15?,16?,18?,19?,22?,24?,25-/m0/s1. The molecular formula is C27H41NO6S. The second kappa shape index (κ2) is 13.3. The van der Waals surface area contributed by atoms with Crippen molar-refractivity contribution in [3.63, 3.8) is 0 Å². The van der Waals surface area contributed by atoms with E-state index in [-0.39, 0.29) is 29.8 Å². The predicted octanol–water partition coefficient (Wildman–Crippen LogP) is 5.01. The van der Waals surface area contributed by atoms with E-state index in [2.05, 4.69) is 4.98 Å². The monoisotopic (exact) mass is 507 g/mol. The Bertz CT molecular complexity index is 923. The molecule has 0 spiro atoms. The SMILES string of the molecule is C/C(=C\c1csc(C)n1)[C@@H]1CC(C)C(O)CCCC(C)C(O)=CC(C)C(=O)C(C)C(O)CC(=O)O1. The maximum atomic E-state index is 12.8. The first kappa shape index (κ1) is 29.2. The highest BCUT2D eigenvalue weighted by molar-refractivity contribution is 7.09. The lowest BCUT2D eigenvalue weighted by molar-refractivity contribution is -0.151. The van der Waals surface area contributed by atoms with Gasteiger partial charge in [-0.25, -0.2) is 4.98 Å². The molecule has 1 aliphatic rings. The summed E-state index contributed by atoms with van der Waals surface area (Å²) >= 11 is 1.53. The van der Waals surface area contributed by atoms with Crippen LogP contribution in [0.4, 0.5) is 0 Å². The fourth-order valence-electron chi connectivity index (χ4n) is 4.32. The molecule has 2 heterocycles. The van der Waals surface area contributed by atoms with Crippen LogP contribution in [-0.2, 0) is 14.3 Å². The van der Waals surface area contributed by atoms with Crippen LogP contribution in [0.5, 0.6) is 0 Å². The first-order valence-corrected chi connectivity index (χ1v) is 13.4. The van der Waals surface area contributed by atoms with Crippen LogP contribution in [0, 0.1) is 30.6 Å². The first-order valence-electron chi connectivity index (χ1n) is 12.5. The summed E-state index contributed by atoms with van der Waals surface area (Å²) in [5, 5.41) is 34.7. The van der Waals surface area contributed by atoms with Gasteiger partial charge in [-0.3, -0.25) is 9.59 Å². The Kier molecular flexibility index (Phi) is 11.1. The Morgan fingerprint density at radius 1 is 1.14 bits per heavy atom. The molecule has 0 bridgehead atoms. The molecule has 7 nitrogen and oxygen atoms in total. The molecule has 6 unspecified atom stereocenters. The molecule has 0 saturated heterocycles. The van der Waals surface area contributed by atoms with Gasteiger partial charge >= 0.3 is 5.97 Å². The number of cyclic esters (lactones) is 1. The smallest absolute Gasteiger partial charge is 0.309 e. The van der Waals surface area contributed by atoms with Crippen molar-refractivity contribution in [3.8, 4) is 0 Å². The van der Waals surface area contributed by atoms with Crippen molar-refractivity contribution in [1.82, 2.24) is 4.98 Å². The molecule has 0 fully saturated rings. The maximum Gasteiger partial charge on any atom is 0.309 e. The Balaban J connectivity index is 2.30. The van der Waals surface area contributed by atoms with Gasteiger partial charge in [-0.05, 0) is 56.8 Å². The van der Waals surface area contributed by atoms with Crippen LogP contribution in [0.3, 0.4) is 0 Å². The molecule has 196 valence electrons. The van der Waals surface area contributed by atoms with Crippen LogP contribution >= 0.6 is 11.3 Å². The summed E-state index contributed by atoms with van der Waals surface area (Å²) in [4.78, 5) is 30.0. The molecule has 0 amide bonds. The number of hydrogen-bond acceptors (Lipinski definition) is 8. The summed E-state index contributed by atoms with van der Waals surface area (Å²) in [5.41, 5.74) is 1.59. The zero-order valence-corrected chi connectivity index (χ0v) is 22.5. The Morgan fingerprint density at radius 2 is 1.83 bits per heavy atom. The second-order valence-corrected chi connectivity index (χ2v) is 11.2. The van der Waals surface area contributed by atoms with Gasteiger partial charge in [0.15, 0.2) is 0 Å². The third kappa shape index (κ3) is 8.85. The molecule has 0 saturated carbocycles. The number of aromatic nitrogens is 1. The lowest BCUT2D eigenvalue weighted by atomic mass is 9.88. The van der Waals surface area contributed by atoms with Crippen LogP contribution < -0.4 is 0 Å². The number of esters is 1. The summed E-state index contributed by atoms with van der Waals surface area (Å²) in [6.07, 6.45) is 3.05. The topological polar surface area (TPSA) is 117 Å². The average Bonchev–Trinajstić information content (AvgIpc) is 3.20. The lowest BCUT2D eigenvalue weighted by Gasteiger charge is -2.26. The van der Waals surface area contributed by atoms with Gasteiger partial charge in [0, 0.05) is 23.1 Å². The van der Waals surface area contributed by atoms with E-state index in [4.69, 9.17) is 4.74 Å². The number of ether oxygens (including phenoxy) is 1. The highest BCUT2D eigenvalue weighted by Crippen LogP contribution is 2.27. The lowest BCUT2D eigenvalue weighted by Crippen LogP contribution is -2.33. The van der Waals surface area contributed by atoms with Crippen molar-refractivity contribution < 1.29 is 29.6 Å². The number of aliphatic hydroxyl groups is 3. The Labute approximate surface area is 212 Å². The number of carbonyl (C=O) groups is 2. The summed E-state index contributed by atoms with van der Waals surface area (Å²) in [6.45, 7) is 10.9. The predicted molar refractivity (Wildman–Crippen MR) is 138 cm³/mol. The van der Waals surface area contributed by atoms with Crippen LogP contribution in [0.25, 0.3) is 6.08 Å². The molecule has 1 aromatic rings. The molecule has 1 aliphatic heterocycles. The molecule has 0 aliphatic carbocycles. The van der Waals surface area contributed by atoms with Crippen LogP contribution in [0.1, 0.15) is 77.4 Å². The van der Waals surface area contributed by atoms with Crippen molar-refractivity contribution in [3.05, 3.63) is 33.5 Å². The van der Waals surface area contributed by atoms with E-state index < -0.39 is 36.1 Å². The van der Waals surface area contributed by atoms with Gasteiger partial charge in [-0.1, -0.05) is 34.1 Å². The van der Waals surface area contributed by atoms with Crippen molar-refractivity contribution in [2.45, 2.75) is 92.0 Å². The Morgan fingerprint density at radius 3 is 2.46 bits per heavy atom. The number of aliphatic hydroxyl groups excluding tert-OH is 3. The number of ketones is 1. The quantitative estimate of drug-likeness (QED) is 0.482. The van der Waals surface area contributed by atoms with E-state index in [1.54, 1.807) is 13.8 Å². The summed E-state index contributed by atoms with van der Waals surface area (Å²) in [5.74, 6) is -2.39. The number of carbonyl (C=O) groups excluding carboxylic acids is 2. The van der Waals surface area contributed by atoms with E-state index in [9.17, 15) is 24.9 Å². The number of allylic oxidation sites excluding steroid dienone is 2.